The lowest BCUT2D eigenvalue weighted by molar-refractivity contribution is 0.0514. The summed E-state index contributed by atoms with van der Waals surface area (Å²) in [5.74, 6) is 1.73. The first-order valence-electron chi connectivity index (χ1n) is 6.93. The van der Waals surface area contributed by atoms with Gasteiger partial charge in [-0.3, -0.25) is 4.90 Å². The molecule has 1 aliphatic heterocycles. The number of benzene rings is 1. The highest BCUT2D eigenvalue weighted by atomic mass is 16.5. The number of rotatable bonds is 7. The second-order valence-corrected chi connectivity index (χ2v) is 5.35. The Bertz CT molecular complexity index is 386. The third kappa shape index (κ3) is 3.85. The van der Waals surface area contributed by atoms with E-state index in [0.29, 0.717) is 6.61 Å². The maximum atomic E-state index is 6.22. The van der Waals surface area contributed by atoms with Gasteiger partial charge >= 0.3 is 0 Å². The smallest absolute Gasteiger partial charge is 0.119 e. The van der Waals surface area contributed by atoms with Crippen LogP contribution in [-0.4, -0.2) is 43.8 Å². The van der Waals surface area contributed by atoms with Crippen LogP contribution >= 0.6 is 0 Å². The Morgan fingerprint density at radius 2 is 1.84 bits per heavy atom. The zero-order chi connectivity index (χ0) is 13.7. The molecule has 1 heterocycles. The van der Waals surface area contributed by atoms with Crippen molar-refractivity contribution >= 4 is 0 Å². The van der Waals surface area contributed by atoms with Gasteiger partial charge in [-0.2, -0.15) is 0 Å². The first kappa shape index (κ1) is 14.2. The Hall–Kier alpha value is -1.26. The van der Waals surface area contributed by atoms with Gasteiger partial charge in [0.1, 0.15) is 18.1 Å². The molecule has 19 heavy (non-hydrogen) atoms. The largest absolute Gasteiger partial charge is 0.497 e. The van der Waals surface area contributed by atoms with E-state index in [2.05, 4.69) is 11.8 Å². The Balaban J connectivity index is 1.65. The Morgan fingerprint density at radius 3 is 2.42 bits per heavy atom. The first-order chi connectivity index (χ1) is 9.15. The average Bonchev–Trinajstić information content (AvgIpc) is 2.38. The first-order valence-corrected chi connectivity index (χ1v) is 6.93. The van der Waals surface area contributed by atoms with E-state index in [1.807, 2.05) is 24.3 Å². The summed E-state index contributed by atoms with van der Waals surface area (Å²) in [6, 6.07) is 7.68. The van der Waals surface area contributed by atoms with Gasteiger partial charge in [0.15, 0.2) is 0 Å². The van der Waals surface area contributed by atoms with Gasteiger partial charge in [-0.25, -0.2) is 0 Å². The lowest BCUT2D eigenvalue weighted by Crippen LogP contribution is -2.67. The quantitative estimate of drug-likeness (QED) is 0.817. The van der Waals surface area contributed by atoms with Gasteiger partial charge in [0.25, 0.3) is 0 Å². The molecule has 0 bridgehead atoms. The molecule has 1 saturated heterocycles. The third-order valence-electron chi connectivity index (χ3n) is 3.56. The fourth-order valence-electron chi connectivity index (χ4n) is 2.62. The molecule has 0 amide bonds. The molecule has 1 fully saturated rings. The van der Waals surface area contributed by atoms with Crippen LogP contribution in [0.3, 0.4) is 0 Å². The summed E-state index contributed by atoms with van der Waals surface area (Å²) in [6.45, 7) is 5.81. The van der Waals surface area contributed by atoms with E-state index < -0.39 is 0 Å². The van der Waals surface area contributed by atoms with Crippen LogP contribution in [0.5, 0.6) is 11.5 Å². The molecule has 0 aromatic heterocycles. The maximum Gasteiger partial charge on any atom is 0.119 e. The average molecular weight is 264 g/mol. The highest BCUT2D eigenvalue weighted by molar-refractivity contribution is 5.31. The second kappa shape index (κ2) is 6.26. The molecule has 1 aliphatic rings. The number of hydrogen-bond acceptors (Lipinski definition) is 4. The Kier molecular flexibility index (Phi) is 4.66. The molecular formula is C15H24N2O2. The van der Waals surface area contributed by atoms with Crippen LogP contribution in [0.1, 0.15) is 19.8 Å². The van der Waals surface area contributed by atoms with Gasteiger partial charge in [-0.15, -0.1) is 0 Å². The molecular weight excluding hydrogens is 240 g/mol. The molecule has 0 saturated carbocycles. The van der Waals surface area contributed by atoms with Crippen molar-refractivity contribution < 1.29 is 9.47 Å². The molecule has 4 heteroatoms. The van der Waals surface area contributed by atoms with E-state index in [1.165, 1.54) is 0 Å². The van der Waals surface area contributed by atoms with Crippen molar-refractivity contribution in [1.82, 2.24) is 4.90 Å². The molecule has 1 aromatic rings. The zero-order valence-corrected chi connectivity index (χ0v) is 11.9. The molecule has 2 rings (SSSR count). The van der Waals surface area contributed by atoms with Crippen LogP contribution in [0.15, 0.2) is 24.3 Å². The highest BCUT2D eigenvalue weighted by Crippen LogP contribution is 2.23. The van der Waals surface area contributed by atoms with Crippen molar-refractivity contribution in [1.29, 1.82) is 0 Å². The van der Waals surface area contributed by atoms with Crippen LogP contribution < -0.4 is 15.2 Å². The van der Waals surface area contributed by atoms with Gasteiger partial charge < -0.3 is 15.2 Å². The van der Waals surface area contributed by atoms with E-state index in [4.69, 9.17) is 15.2 Å². The van der Waals surface area contributed by atoms with E-state index in [-0.39, 0.29) is 5.54 Å². The van der Waals surface area contributed by atoms with E-state index in [1.54, 1.807) is 7.11 Å². The summed E-state index contributed by atoms with van der Waals surface area (Å²) in [5.41, 5.74) is 6.27. The standard InChI is InChI=1S/C15H24N2O2/c1-3-8-15(16)11-17(12-15)9-10-19-14-6-4-13(18-2)5-7-14/h4-7H,3,8-12,16H2,1-2H3. The summed E-state index contributed by atoms with van der Waals surface area (Å²) >= 11 is 0. The van der Waals surface area contributed by atoms with Gasteiger partial charge in [0.05, 0.1) is 7.11 Å². The van der Waals surface area contributed by atoms with Crippen molar-refractivity contribution in [2.45, 2.75) is 25.3 Å². The van der Waals surface area contributed by atoms with Crippen LogP contribution in [0.2, 0.25) is 0 Å². The molecule has 4 nitrogen and oxygen atoms in total. The fraction of sp³-hybridized carbons (Fsp3) is 0.600. The normalized spacial score (nSPS) is 17.8. The maximum absolute atomic E-state index is 6.22. The van der Waals surface area contributed by atoms with Gasteiger partial charge in [-0.05, 0) is 30.7 Å². The van der Waals surface area contributed by atoms with Gasteiger partial charge in [-0.1, -0.05) is 13.3 Å². The fourth-order valence-corrected chi connectivity index (χ4v) is 2.62. The van der Waals surface area contributed by atoms with Crippen LogP contribution in [0.4, 0.5) is 0 Å². The third-order valence-corrected chi connectivity index (χ3v) is 3.56. The predicted octanol–water partition coefficient (Wildman–Crippen LogP) is 1.89. The van der Waals surface area contributed by atoms with Crippen molar-refractivity contribution in [3.8, 4) is 11.5 Å². The van der Waals surface area contributed by atoms with Crippen LogP contribution in [0.25, 0.3) is 0 Å². The highest BCUT2D eigenvalue weighted by Gasteiger charge is 2.37. The molecule has 2 N–H and O–H groups in total. The summed E-state index contributed by atoms with van der Waals surface area (Å²) in [7, 11) is 1.66. The summed E-state index contributed by atoms with van der Waals surface area (Å²) < 4.78 is 10.8. The van der Waals surface area contributed by atoms with Gasteiger partial charge in [0, 0.05) is 25.2 Å². The Morgan fingerprint density at radius 1 is 1.21 bits per heavy atom. The molecule has 0 unspecified atom stereocenters. The van der Waals surface area contributed by atoms with E-state index >= 15 is 0 Å². The minimum atomic E-state index is 0.0505. The summed E-state index contributed by atoms with van der Waals surface area (Å²) in [6.07, 6.45) is 2.27. The number of nitrogens with zero attached hydrogens (tertiary/aromatic N) is 1. The summed E-state index contributed by atoms with van der Waals surface area (Å²) in [4.78, 5) is 2.35. The van der Waals surface area contributed by atoms with Crippen molar-refractivity contribution in [2.24, 2.45) is 5.73 Å². The second-order valence-electron chi connectivity index (χ2n) is 5.35. The number of ether oxygens (including phenoxy) is 2. The predicted molar refractivity (Wildman–Crippen MR) is 76.8 cm³/mol. The van der Waals surface area contributed by atoms with Crippen LogP contribution in [-0.2, 0) is 0 Å². The number of likely N-dealkylation sites (tertiary alicyclic amines) is 1. The van der Waals surface area contributed by atoms with E-state index in [9.17, 15) is 0 Å². The molecule has 0 spiro atoms. The molecule has 0 atom stereocenters. The Labute approximate surface area is 115 Å². The van der Waals surface area contributed by atoms with Crippen molar-refractivity contribution in [3.63, 3.8) is 0 Å². The molecule has 106 valence electrons. The van der Waals surface area contributed by atoms with Gasteiger partial charge in [0.2, 0.25) is 0 Å². The SMILES string of the molecule is CCCC1(N)CN(CCOc2ccc(OC)cc2)C1. The number of methoxy groups -OCH3 is 1. The van der Waals surface area contributed by atoms with Crippen LogP contribution in [0, 0.1) is 0 Å². The lowest BCUT2D eigenvalue weighted by Gasteiger charge is -2.47. The zero-order valence-electron chi connectivity index (χ0n) is 11.9. The lowest BCUT2D eigenvalue weighted by atomic mass is 9.86. The number of hydrogen-bond donors (Lipinski definition) is 1. The van der Waals surface area contributed by atoms with Crippen molar-refractivity contribution in [2.75, 3.05) is 33.4 Å². The minimum absolute atomic E-state index is 0.0505. The topological polar surface area (TPSA) is 47.7 Å². The number of nitrogens with two attached hydrogens (primary N) is 1. The summed E-state index contributed by atoms with van der Waals surface area (Å²) in [5, 5.41) is 0. The molecule has 0 radical (unpaired) electrons. The molecule has 1 aromatic carbocycles. The monoisotopic (exact) mass is 264 g/mol. The molecule has 0 aliphatic carbocycles. The van der Waals surface area contributed by atoms with Crippen molar-refractivity contribution in [3.05, 3.63) is 24.3 Å². The van der Waals surface area contributed by atoms with E-state index in [0.717, 1.165) is 44.0 Å². The minimum Gasteiger partial charge on any atom is -0.497 e.